The van der Waals surface area contributed by atoms with Gasteiger partial charge in [0.2, 0.25) is 0 Å². The van der Waals surface area contributed by atoms with Crippen molar-refractivity contribution in [3.63, 3.8) is 0 Å². The van der Waals surface area contributed by atoms with Crippen LogP contribution in [0.1, 0.15) is 23.2 Å². The van der Waals surface area contributed by atoms with Crippen molar-refractivity contribution in [2.45, 2.75) is 12.8 Å². The Balaban J connectivity index is 2.16. The summed E-state index contributed by atoms with van der Waals surface area (Å²) in [7, 11) is 0. The largest absolute Gasteiger partial charge is 0.477 e. The molecule has 20 heavy (non-hydrogen) atoms. The molecule has 0 aromatic heterocycles. The van der Waals surface area contributed by atoms with E-state index in [-0.39, 0.29) is 16.9 Å². The van der Waals surface area contributed by atoms with Gasteiger partial charge in [-0.15, -0.1) is 0 Å². The van der Waals surface area contributed by atoms with Gasteiger partial charge < -0.3 is 10.4 Å². The number of carboxylic acid groups (broad SMARTS) is 1. The zero-order chi connectivity index (χ0) is 14.5. The van der Waals surface area contributed by atoms with Crippen molar-refractivity contribution < 1.29 is 14.8 Å². The van der Waals surface area contributed by atoms with Crippen LogP contribution in [0.4, 0.5) is 11.4 Å². The molecule has 1 aliphatic rings. The van der Waals surface area contributed by atoms with Crippen molar-refractivity contribution in [1.29, 1.82) is 0 Å². The lowest BCUT2D eigenvalue weighted by atomic mass is 10.0. The minimum Gasteiger partial charge on any atom is -0.477 e. The fraction of sp³-hybridized carbons (Fsp3) is 0.462. The Bertz CT molecular complexity index is 515. The van der Waals surface area contributed by atoms with Crippen LogP contribution in [0.2, 0.25) is 0 Å². The maximum Gasteiger partial charge on any atom is 0.342 e. The number of nitro benzene ring substituents is 1. The Labute approximate surface area is 120 Å². The first kappa shape index (κ1) is 14.6. The zero-order valence-electron chi connectivity index (χ0n) is 10.9. The van der Waals surface area contributed by atoms with Gasteiger partial charge >= 0.3 is 11.7 Å². The van der Waals surface area contributed by atoms with Gasteiger partial charge in [0.25, 0.3) is 0 Å². The number of nitrogens with zero attached hydrogens (tertiary/aromatic N) is 1. The van der Waals surface area contributed by atoms with E-state index in [0.29, 0.717) is 12.5 Å². The fourth-order valence-electron chi connectivity index (χ4n) is 2.26. The number of para-hydroxylation sites is 1. The number of anilines is 1. The lowest BCUT2D eigenvalue weighted by Crippen LogP contribution is -2.20. The van der Waals surface area contributed by atoms with Crippen LogP contribution in [0.25, 0.3) is 0 Å². The summed E-state index contributed by atoms with van der Waals surface area (Å²) in [5.74, 6) is 1.44. The van der Waals surface area contributed by atoms with Crippen LogP contribution in [0, 0.1) is 16.0 Å². The van der Waals surface area contributed by atoms with Crippen LogP contribution in [0.15, 0.2) is 18.2 Å². The highest BCUT2D eigenvalue weighted by atomic mass is 32.2. The molecule has 1 heterocycles. The molecular weight excluding hydrogens is 280 g/mol. The van der Waals surface area contributed by atoms with Gasteiger partial charge in [0.05, 0.1) is 4.92 Å². The summed E-state index contributed by atoms with van der Waals surface area (Å²) in [4.78, 5) is 21.5. The molecule has 0 spiro atoms. The fourth-order valence-corrected chi connectivity index (χ4v) is 3.46. The van der Waals surface area contributed by atoms with Gasteiger partial charge in [-0.1, -0.05) is 6.07 Å². The van der Waals surface area contributed by atoms with Gasteiger partial charge in [0, 0.05) is 6.54 Å². The third-order valence-corrected chi connectivity index (χ3v) is 4.42. The molecular formula is C13H16N2O4S. The predicted molar refractivity (Wildman–Crippen MR) is 78.6 cm³/mol. The Morgan fingerprint density at radius 3 is 2.75 bits per heavy atom. The number of aromatic carboxylic acids is 1. The molecule has 108 valence electrons. The van der Waals surface area contributed by atoms with Crippen molar-refractivity contribution in [3.8, 4) is 0 Å². The number of carbonyl (C=O) groups is 1. The monoisotopic (exact) mass is 296 g/mol. The van der Waals surface area contributed by atoms with E-state index >= 15 is 0 Å². The first-order valence-electron chi connectivity index (χ1n) is 6.42. The average molecular weight is 296 g/mol. The molecule has 0 saturated carbocycles. The lowest BCUT2D eigenvalue weighted by molar-refractivity contribution is -0.384. The molecule has 0 amide bonds. The van der Waals surface area contributed by atoms with E-state index in [1.165, 1.54) is 12.1 Å². The summed E-state index contributed by atoms with van der Waals surface area (Å²) in [5, 5.41) is 23.2. The van der Waals surface area contributed by atoms with Crippen molar-refractivity contribution in [2.75, 3.05) is 23.4 Å². The maximum absolute atomic E-state index is 11.1. The molecule has 0 radical (unpaired) electrons. The molecule has 0 unspecified atom stereocenters. The molecule has 0 atom stereocenters. The Kier molecular flexibility index (Phi) is 4.84. The van der Waals surface area contributed by atoms with Gasteiger partial charge in [-0.3, -0.25) is 10.1 Å². The van der Waals surface area contributed by atoms with Gasteiger partial charge in [0.15, 0.2) is 0 Å². The van der Waals surface area contributed by atoms with Crippen molar-refractivity contribution in [3.05, 3.63) is 33.9 Å². The summed E-state index contributed by atoms with van der Waals surface area (Å²) in [5.41, 5.74) is -0.350. The second kappa shape index (κ2) is 6.60. The standard InChI is InChI=1S/C13H16N2O4S/c16-13(17)10-2-1-3-11(12(10)15(18)19)14-8-9-4-6-20-7-5-9/h1-3,9,14H,4-8H2,(H,16,17). The number of thioether (sulfide) groups is 1. The highest BCUT2D eigenvalue weighted by Crippen LogP contribution is 2.30. The highest BCUT2D eigenvalue weighted by molar-refractivity contribution is 7.99. The number of rotatable bonds is 5. The minimum absolute atomic E-state index is 0.279. The molecule has 0 bridgehead atoms. The number of benzene rings is 1. The van der Waals surface area contributed by atoms with Crippen LogP contribution in [0.3, 0.4) is 0 Å². The summed E-state index contributed by atoms with van der Waals surface area (Å²) >= 11 is 1.92. The molecule has 2 N–H and O–H groups in total. The van der Waals surface area contributed by atoms with Gasteiger partial charge in [-0.25, -0.2) is 4.79 Å². The summed E-state index contributed by atoms with van der Waals surface area (Å²) in [6.07, 6.45) is 2.17. The van der Waals surface area contributed by atoms with Crippen LogP contribution >= 0.6 is 11.8 Å². The summed E-state index contributed by atoms with van der Waals surface area (Å²) in [6, 6.07) is 4.33. The number of nitrogens with one attached hydrogen (secondary N) is 1. The van der Waals surface area contributed by atoms with E-state index in [4.69, 9.17) is 5.11 Å². The number of carboxylic acids is 1. The van der Waals surface area contributed by atoms with Crippen molar-refractivity contribution >= 4 is 29.1 Å². The third kappa shape index (κ3) is 3.41. The summed E-state index contributed by atoms with van der Waals surface area (Å²) in [6.45, 7) is 0.643. The van der Waals surface area contributed by atoms with Crippen LogP contribution in [-0.2, 0) is 0 Å². The molecule has 1 fully saturated rings. The number of hydrogen-bond acceptors (Lipinski definition) is 5. The first-order valence-corrected chi connectivity index (χ1v) is 7.57. The second-order valence-corrected chi connectivity index (χ2v) is 5.93. The molecule has 1 aromatic carbocycles. The van der Waals surface area contributed by atoms with E-state index in [2.05, 4.69) is 5.32 Å². The lowest BCUT2D eigenvalue weighted by Gasteiger charge is -2.22. The van der Waals surface area contributed by atoms with Crippen LogP contribution < -0.4 is 5.32 Å². The Hall–Kier alpha value is -1.76. The topological polar surface area (TPSA) is 92.5 Å². The van der Waals surface area contributed by atoms with E-state index < -0.39 is 10.9 Å². The zero-order valence-corrected chi connectivity index (χ0v) is 11.7. The minimum atomic E-state index is -1.28. The third-order valence-electron chi connectivity index (χ3n) is 3.37. The van der Waals surface area contributed by atoms with Gasteiger partial charge in [0.1, 0.15) is 11.3 Å². The van der Waals surface area contributed by atoms with E-state index in [1.54, 1.807) is 6.07 Å². The van der Waals surface area contributed by atoms with Gasteiger partial charge in [-0.2, -0.15) is 11.8 Å². The van der Waals surface area contributed by atoms with E-state index in [0.717, 1.165) is 24.3 Å². The Morgan fingerprint density at radius 1 is 1.45 bits per heavy atom. The number of hydrogen-bond donors (Lipinski definition) is 2. The summed E-state index contributed by atoms with van der Waals surface area (Å²) < 4.78 is 0. The van der Waals surface area contributed by atoms with E-state index in [1.807, 2.05) is 11.8 Å². The number of nitro groups is 1. The van der Waals surface area contributed by atoms with Crippen LogP contribution in [-0.4, -0.2) is 34.0 Å². The van der Waals surface area contributed by atoms with Crippen LogP contribution in [0.5, 0.6) is 0 Å². The molecule has 6 nitrogen and oxygen atoms in total. The van der Waals surface area contributed by atoms with Crippen molar-refractivity contribution in [1.82, 2.24) is 0 Å². The molecule has 2 rings (SSSR count). The maximum atomic E-state index is 11.1. The second-order valence-electron chi connectivity index (χ2n) is 4.70. The molecule has 1 saturated heterocycles. The average Bonchev–Trinajstić information content (AvgIpc) is 2.45. The Morgan fingerprint density at radius 2 is 2.15 bits per heavy atom. The first-order chi connectivity index (χ1) is 9.59. The van der Waals surface area contributed by atoms with Gasteiger partial charge in [-0.05, 0) is 42.4 Å². The molecule has 7 heteroatoms. The molecule has 1 aromatic rings. The highest BCUT2D eigenvalue weighted by Gasteiger charge is 2.24. The predicted octanol–water partition coefficient (Wildman–Crippen LogP) is 2.85. The molecule has 0 aliphatic carbocycles. The van der Waals surface area contributed by atoms with E-state index in [9.17, 15) is 14.9 Å². The molecule has 1 aliphatic heterocycles. The SMILES string of the molecule is O=C(O)c1cccc(NCC2CCSCC2)c1[N+](=O)[O-]. The van der Waals surface area contributed by atoms with Crippen molar-refractivity contribution in [2.24, 2.45) is 5.92 Å². The normalized spacial score (nSPS) is 15.8. The quantitative estimate of drug-likeness (QED) is 0.641. The smallest absolute Gasteiger partial charge is 0.342 e.